The Morgan fingerprint density at radius 3 is 2.61 bits per heavy atom. The molecule has 1 saturated heterocycles. The fourth-order valence-electron chi connectivity index (χ4n) is 2.15. The molecule has 1 fully saturated rings. The van der Waals surface area contributed by atoms with Crippen LogP contribution in [0.25, 0.3) is 0 Å². The maximum absolute atomic E-state index is 12.8. The van der Waals surface area contributed by atoms with Gasteiger partial charge in [0.05, 0.1) is 0 Å². The Bertz CT molecular complexity index is 464. The van der Waals surface area contributed by atoms with Gasteiger partial charge in [-0.15, -0.1) is 0 Å². The minimum Gasteiger partial charge on any atom is -0.370 e. The number of nitrogens with zero attached hydrogens (tertiary/aromatic N) is 2. The second kappa shape index (κ2) is 5.03. The summed E-state index contributed by atoms with van der Waals surface area (Å²) in [6, 6.07) is 6.49. The van der Waals surface area contributed by atoms with Crippen molar-refractivity contribution in [1.29, 1.82) is 5.41 Å². The van der Waals surface area contributed by atoms with E-state index in [-0.39, 0.29) is 17.7 Å². The number of rotatable bonds is 1. The molecule has 1 aromatic carbocycles. The highest BCUT2D eigenvalue weighted by Crippen LogP contribution is 2.27. The molecular weight excluding hydrogens is 233 g/mol. The van der Waals surface area contributed by atoms with E-state index in [0.717, 1.165) is 18.5 Å². The number of nitrogens with two attached hydrogens (primary N) is 2. The molecule has 0 amide bonds. The van der Waals surface area contributed by atoms with Gasteiger partial charge in [-0.3, -0.25) is 5.41 Å². The van der Waals surface area contributed by atoms with Crippen LogP contribution in [-0.4, -0.2) is 29.9 Å². The second-order valence-corrected chi connectivity index (χ2v) is 4.34. The van der Waals surface area contributed by atoms with E-state index in [9.17, 15) is 4.39 Å². The lowest BCUT2D eigenvalue weighted by Gasteiger charge is -2.16. The normalized spacial score (nSPS) is 18.7. The van der Waals surface area contributed by atoms with Crippen LogP contribution in [0.4, 0.5) is 4.39 Å². The molecule has 1 heterocycles. The minimum atomic E-state index is -0.234. The Hall–Kier alpha value is -2.11. The molecule has 1 aliphatic heterocycles. The molecule has 0 aromatic heterocycles. The van der Waals surface area contributed by atoms with Crippen molar-refractivity contribution in [3.05, 3.63) is 35.6 Å². The lowest BCUT2D eigenvalue weighted by Crippen LogP contribution is -2.31. The number of likely N-dealkylation sites (tertiary alicyclic amines) is 1. The first-order chi connectivity index (χ1) is 8.56. The van der Waals surface area contributed by atoms with Gasteiger partial charge in [-0.2, -0.15) is 4.99 Å². The standard InChI is InChI=1S/C12H16FN5/c13-10-3-1-8(2-4-10)9-5-6-18(7-9)12(16)17-11(14)15/h1-4,9H,5-7H2,(H5,14,15,16,17). The molecule has 18 heavy (non-hydrogen) atoms. The Morgan fingerprint density at radius 1 is 1.33 bits per heavy atom. The minimum absolute atomic E-state index is 0.0830. The van der Waals surface area contributed by atoms with E-state index in [1.54, 1.807) is 12.1 Å². The average Bonchev–Trinajstić information content (AvgIpc) is 2.78. The maximum atomic E-state index is 12.8. The molecule has 2 rings (SSSR count). The molecular formula is C12H16FN5. The summed E-state index contributed by atoms with van der Waals surface area (Å²) in [7, 11) is 0. The van der Waals surface area contributed by atoms with Crippen molar-refractivity contribution in [1.82, 2.24) is 4.90 Å². The van der Waals surface area contributed by atoms with Crippen molar-refractivity contribution < 1.29 is 4.39 Å². The first-order valence-electron chi connectivity index (χ1n) is 5.75. The van der Waals surface area contributed by atoms with Gasteiger partial charge >= 0.3 is 0 Å². The predicted molar refractivity (Wildman–Crippen MR) is 68.9 cm³/mol. The zero-order valence-electron chi connectivity index (χ0n) is 9.94. The van der Waals surface area contributed by atoms with Crippen LogP contribution in [-0.2, 0) is 0 Å². The molecule has 1 aliphatic rings. The summed E-state index contributed by atoms with van der Waals surface area (Å²) in [5.74, 6) is 0.0341. The van der Waals surface area contributed by atoms with Crippen LogP contribution in [0.1, 0.15) is 17.9 Å². The Kier molecular flexibility index (Phi) is 3.45. The zero-order valence-corrected chi connectivity index (χ0v) is 9.94. The molecule has 0 radical (unpaired) electrons. The second-order valence-electron chi connectivity index (χ2n) is 4.34. The van der Waals surface area contributed by atoms with Crippen LogP contribution in [0, 0.1) is 11.2 Å². The summed E-state index contributed by atoms with van der Waals surface area (Å²) in [5.41, 5.74) is 11.6. The molecule has 0 spiro atoms. The lowest BCUT2D eigenvalue weighted by molar-refractivity contribution is 0.501. The number of halogens is 1. The van der Waals surface area contributed by atoms with Crippen LogP contribution >= 0.6 is 0 Å². The summed E-state index contributed by atoms with van der Waals surface area (Å²) in [6.45, 7) is 1.42. The van der Waals surface area contributed by atoms with Gasteiger partial charge in [-0.05, 0) is 24.1 Å². The first-order valence-corrected chi connectivity index (χ1v) is 5.75. The summed E-state index contributed by atoms with van der Waals surface area (Å²) < 4.78 is 12.8. The van der Waals surface area contributed by atoms with E-state index < -0.39 is 0 Å². The third-order valence-electron chi connectivity index (χ3n) is 3.06. The molecule has 1 aromatic rings. The third-order valence-corrected chi connectivity index (χ3v) is 3.06. The molecule has 0 bridgehead atoms. The van der Waals surface area contributed by atoms with Crippen molar-refractivity contribution in [3.63, 3.8) is 0 Å². The smallest absolute Gasteiger partial charge is 0.221 e. The third kappa shape index (κ3) is 2.77. The number of benzene rings is 1. The number of aliphatic imine (C=N–C) groups is 1. The highest BCUT2D eigenvalue weighted by atomic mass is 19.1. The number of guanidine groups is 2. The van der Waals surface area contributed by atoms with Gasteiger partial charge in [0.2, 0.25) is 5.96 Å². The van der Waals surface area contributed by atoms with E-state index in [2.05, 4.69) is 4.99 Å². The van der Waals surface area contributed by atoms with Crippen molar-refractivity contribution in [2.24, 2.45) is 16.5 Å². The Morgan fingerprint density at radius 2 is 2.00 bits per heavy atom. The van der Waals surface area contributed by atoms with Gasteiger partial charge in [0.15, 0.2) is 5.96 Å². The van der Waals surface area contributed by atoms with Gasteiger partial charge in [-0.25, -0.2) is 4.39 Å². The van der Waals surface area contributed by atoms with E-state index in [4.69, 9.17) is 16.9 Å². The van der Waals surface area contributed by atoms with Gasteiger partial charge in [0.25, 0.3) is 0 Å². The van der Waals surface area contributed by atoms with Gasteiger partial charge in [0, 0.05) is 19.0 Å². The average molecular weight is 249 g/mol. The fraction of sp³-hybridized carbons (Fsp3) is 0.333. The highest BCUT2D eigenvalue weighted by Gasteiger charge is 2.25. The van der Waals surface area contributed by atoms with Crippen molar-refractivity contribution in [3.8, 4) is 0 Å². The number of nitrogens with one attached hydrogen (secondary N) is 1. The van der Waals surface area contributed by atoms with Crippen molar-refractivity contribution in [2.75, 3.05) is 13.1 Å². The largest absolute Gasteiger partial charge is 0.370 e. The monoisotopic (exact) mass is 249 g/mol. The molecule has 5 nitrogen and oxygen atoms in total. The topological polar surface area (TPSA) is 91.5 Å². The van der Waals surface area contributed by atoms with Gasteiger partial charge in [0.1, 0.15) is 5.82 Å². The van der Waals surface area contributed by atoms with Crippen LogP contribution in [0.15, 0.2) is 29.3 Å². The zero-order chi connectivity index (χ0) is 13.1. The van der Waals surface area contributed by atoms with Crippen molar-refractivity contribution in [2.45, 2.75) is 12.3 Å². The van der Waals surface area contributed by atoms with Crippen LogP contribution in [0.5, 0.6) is 0 Å². The molecule has 96 valence electrons. The fourth-order valence-corrected chi connectivity index (χ4v) is 2.15. The number of hydrogen-bond donors (Lipinski definition) is 3. The molecule has 0 saturated carbocycles. The van der Waals surface area contributed by atoms with Crippen LogP contribution < -0.4 is 11.5 Å². The van der Waals surface area contributed by atoms with E-state index in [1.165, 1.54) is 12.1 Å². The van der Waals surface area contributed by atoms with E-state index >= 15 is 0 Å². The molecule has 5 N–H and O–H groups in total. The molecule has 1 unspecified atom stereocenters. The summed E-state index contributed by atoms with van der Waals surface area (Å²) >= 11 is 0. The summed E-state index contributed by atoms with van der Waals surface area (Å²) in [4.78, 5) is 5.54. The summed E-state index contributed by atoms with van der Waals surface area (Å²) in [6.07, 6.45) is 0.911. The van der Waals surface area contributed by atoms with Gasteiger partial charge < -0.3 is 16.4 Å². The summed E-state index contributed by atoms with van der Waals surface area (Å²) in [5, 5.41) is 7.72. The lowest BCUT2D eigenvalue weighted by atomic mass is 9.99. The first kappa shape index (κ1) is 12.3. The van der Waals surface area contributed by atoms with E-state index in [1.807, 2.05) is 4.90 Å². The van der Waals surface area contributed by atoms with Gasteiger partial charge in [-0.1, -0.05) is 12.1 Å². The molecule has 6 heteroatoms. The molecule has 1 atom stereocenters. The molecule has 0 aliphatic carbocycles. The quantitative estimate of drug-likeness (QED) is 0.508. The highest BCUT2D eigenvalue weighted by molar-refractivity contribution is 5.91. The van der Waals surface area contributed by atoms with E-state index in [0.29, 0.717) is 12.5 Å². The maximum Gasteiger partial charge on any atom is 0.221 e. The van der Waals surface area contributed by atoms with Crippen molar-refractivity contribution >= 4 is 11.9 Å². The SMILES string of the molecule is N=C(N=C(N)N)N1CCC(c2ccc(F)cc2)C1. The Labute approximate surface area is 105 Å². The van der Waals surface area contributed by atoms with Crippen LogP contribution in [0.3, 0.4) is 0 Å². The van der Waals surface area contributed by atoms with Crippen LogP contribution in [0.2, 0.25) is 0 Å². The predicted octanol–water partition coefficient (Wildman–Crippen LogP) is 0.823. The Balaban J connectivity index is 2.02. The number of hydrogen-bond acceptors (Lipinski definition) is 1.